The standard InChI is InChI=1S/C19H26N4S.2C2HF3O2/c1-2-8-20-17(3-1)15-22-10-4-19(5-11-22)6-12-23(13-7-19)16-18-21-9-14-24-18;2*3-2(4,5)1(6)7/h1-3,8-9,14H,4-7,10-13,15-16H2;2*(H,6,7). The van der Waals surface area contributed by atoms with Gasteiger partial charge in [-0.25, -0.2) is 14.6 Å². The van der Waals surface area contributed by atoms with Gasteiger partial charge in [-0.2, -0.15) is 26.3 Å². The highest BCUT2D eigenvalue weighted by molar-refractivity contribution is 7.09. The van der Waals surface area contributed by atoms with E-state index in [2.05, 4.69) is 37.3 Å². The zero-order chi connectivity index (χ0) is 28.4. The van der Waals surface area contributed by atoms with Gasteiger partial charge in [0.15, 0.2) is 0 Å². The molecule has 0 atom stereocenters. The Morgan fingerprint density at radius 2 is 1.29 bits per heavy atom. The summed E-state index contributed by atoms with van der Waals surface area (Å²) in [5, 5.41) is 17.6. The van der Waals surface area contributed by atoms with E-state index >= 15 is 0 Å². The molecular weight excluding hydrogens is 542 g/mol. The van der Waals surface area contributed by atoms with E-state index in [9.17, 15) is 26.3 Å². The van der Waals surface area contributed by atoms with Gasteiger partial charge in [0.2, 0.25) is 0 Å². The van der Waals surface area contributed by atoms with Crippen molar-refractivity contribution in [2.24, 2.45) is 5.41 Å². The molecule has 4 heterocycles. The van der Waals surface area contributed by atoms with Gasteiger partial charge in [-0.3, -0.25) is 14.8 Å². The van der Waals surface area contributed by atoms with Crippen LogP contribution in [0.2, 0.25) is 0 Å². The van der Waals surface area contributed by atoms with Crippen molar-refractivity contribution < 1.29 is 46.1 Å². The van der Waals surface area contributed by atoms with Crippen LogP contribution in [-0.4, -0.2) is 80.5 Å². The lowest BCUT2D eigenvalue weighted by atomic mass is 9.71. The van der Waals surface area contributed by atoms with Crippen molar-refractivity contribution in [1.29, 1.82) is 0 Å². The number of halogens is 6. The fraction of sp³-hybridized carbons (Fsp3) is 0.565. The Bertz CT molecular complexity index is 964. The first kappa shape index (κ1) is 31.4. The molecule has 0 aromatic carbocycles. The maximum absolute atomic E-state index is 10.6. The Kier molecular flexibility index (Phi) is 11.5. The number of likely N-dealkylation sites (tertiary alicyclic amines) is 2. The van der Waals surface area contributed by atoms with Crippen molar-refractivity contribution in [3.63, 3.8) is 0 Å². The summed E-state index contributed by atoms with van der Waals surface area (Å²) in [5.41, 5.74) is 1.80. The summed E-state index contributed by atoms with van der Waals surface area (Å²) in [7, 11) is 0. The Morgan fingerprint density at radius 3 is 1.66 bits per heavy atom. The van der Waals surface area contributed by atoms with Crippen LogP contribution in [0.3, 0.4) is 0 Å². The molecule has 0 amide bonds. The number of pyridine rings is 1. The van der Waals surface area contributed by atoms with Crippen molar-refractivity contribution in [2.45, 2.75) is 51.1 Å². The van der Waals surface area contributed by atoms with Crippen molar-refractivity contribution >= 4 is 23.3 Å². The van der Waals surface area contributed by atoms with Gasteiger partial charge in [-0.1, -0.05) is 6.07 Å². The van der Waals surface area contributed by atoms with Crippen LogP contribution in [-0.2, 0) is 22.7 Å². The topological polar surface area (TPSA) is 107 Å². The summed E-state index contributed by atoms with van der Waals surface area (Å²) < 4.78 is 63.5. The summed E-state index contributed by atoms with van der Waals surface area (Å²) in [4.78, 5) is 31.9. The Balaban J connectivity index is 0.000000301. The van der Waals surface area contributed by atoms with Crippen LogP contribution in [0.4, 0.5) is 26.3 Å². The van der Waals surface area contributed by atoms with Crippen LogP contribution < -0.4 is 0 Å². The molecule has 1 spiro atoms. The Labute approximate surface area is 218 Å². The first-order valence-electron chi connectivity index (χ1n) is 11.5. The molecule has 2 aromatic rings. The quantitative estimate of drug-likeness (QED) is 0.511. The highest BCUT2D eigenvalue weighted by Crippen LogP contribution is 2.41. The molecule has 4 rings (SSSR count). The maximum Gasteiger partial charge on any atom is 0.490 e. The van der Waals surface area contributed by atoms with E-state index in [0.717, 1.165) is 13.1 Å². The van der Waals surface area contributed by atoms with Crippen LogP contribution in [0, 0.1) is 5.41 Å². The van der Waals surface area contributed by atoms with E-state index in [1.165, 1.54) is 62.6 Å². The van der Waals surface area contributed by atoms with Crippen LogP contribution >= 0.6 is 11.3 Å². The number of aliphatic carboxylic acids is 2. The van der Waals surface area contributed by atoms with Crippen LogP contribution in [0.25, 0.3) is 0 Å². The molecule has 2 N–H and O–H groups in total. The zero-order valence-corrected chi connectivity index (χ0v) is 21.0. The summed E-state index contributed by atoms with van der Waals surface area (Å²) in [6.45, 7) is 6.97. The van der Waals surface area contributed by atoms with Gasteiger partial charge in [-0.15, -0.1) is 11.3 Å². The number of thiazole rings is 1. The number of aromatic nitrogens is 2. The molecule has 2 aliphatic heterocycles. The number of nitrogens with zero attached hydrogens (tertiary/aromatic N) is 4. The Hall–Kier alpha value is -2.78. The minimum Gasteiger partial charge on any atom is -0.475 e. The number of hydrogen-bond donors (Lipinski definition) is 2. The number of carbonyl (C=O) groups is 2. The highest BCUT2D eigenvalue weighted by atomic mass is 32.1. The normalized spacial score (nSPS) is 18.1. The summed E-state index contributed by atoms with van der Waals surface area (Å²) >= 11 is 1.78. The summed E-state index contributed by atoms with van der Waals surface area (Å²) in [5.74, 6) is -5.51. The summed E-state index contributed by atoms with van der Waals surface area (Å²) in [6, 6.07) is 6.22. The van der Waals surface area contributed by atoms with Gasteiger partial charge in [0, 0.05) is 24.3 Å². The monoisotopic (exact) mass is 570 g/mol. The second kappa shape index (κ2) is 13.8. The lowest BCUT2D eigenvalue weighted by molar-refractivity contribution is -0.193. The molecule has 2 aromatic heterocycles. The van der Waals surface area contributed by atoms with Gasteiger partial charge in [0.25, 0.3) is 0 Å². The fourth-order valence-corrected chi connectivity index (χ4v) is 4.77. The molecule has 0 unspecified atom stereocenters. The molecule has 38 heavy (non-hydrogen) atoms. The third-order valence-corrected chi connectivity index (χ3v) is 7.04. The van der Waals surface area contributed by atoms with Gasteiger partial charge in [0.1, 0.15) is 5.01 Å². The molecule has 212 valence electrons. The van der Waals surface area contributed by atoms with Crippen molar-refractivity contribution in [3.05, 3.63) is 46.7 Å². The second-order valence-corrected chi connectivity index (χ2v) is 9.88. The van der Waals surface area contributed by atoms with Crippen molar-refractivity contribution in [1.82, 2.24) is 19.8 Å². The minimum atomic E-state index is -5.08. The van der Waals surface area contributed by atoms with E-state index in [1.807, 2.05) is 18.5 Å². The molecule has 2 saturated heterocycles. The predicted molar refractivity (Wildman–Crippen MR) is 125 cm³/mol. The van der Waals surface area contributed by atoms with Crippen LogP contribution in [0.1, 0.15) is 36.4 Å². The average molecular weight is 571 g/mol. The molecule has 0 radical (unpaired) electrons. The van der Waals surface area contributed by atoms with Gasteiger partial charge < -0.3 is 10.2 Å². The lowest BCUT2D eigenvalue weighted by Gasteiger charge is -2.46. The zero-order valence-electron chi connectivity index (χ0n) is 20.2. The number of carboxylic acids is 2. The number of piperidine rings is 2. The number of alkyl halides is 6. The molecule has 15 heteroatoms. The number of carboxylic acid groups (broad SMARTS) is 2. The second-order valence-electron chi connectivity index (χ2n) is 8.91. The smallest absolute Gasteiger partial charge is 0.475 e. The van der Waals surface area contributed by atoms with Crippen LogP contribution in [0.15, 0.2) is 36.0 Å². The minimum absolute atomic E-state index is 0.597. The van der Waals surface area contributed by atoms with Gasteiger partial charge >= 0.3 is 24.3 Å². The first-order valence-corrected chi connectivity index (χ1v) is 12.4. The van der Waals surface area contributed by atoms with E-state index < -0.39 is 24.3 Å². The summed E-state index contributed by atoms with van der Waals surface area (Å²) in [6.07, 6.45) is -0.927. The van der Waals surface area contributed by atoms with E-state index in [1.54, 1.807) is 11.3 Å². The van der Waals surface area contributed by atoms with Crippen molar-refractivity contribution in [2.75, 3.05) is 26.2 Å². The molecular formula is C23H28F6N4O4S. The van der Waals surface area contributed by atoms with E-state index in [0.29, 0.717) is 5.41 Å². The number of hydrogen-bond acceptors (Lipinski definition) is 7. The SMILES string of the molecule is O=C(O)C(F)(F)F.O=C(O)C(F)(F)F.c1ccc(CN2CCC3(CC2)CCN(Cc2nccs2)CC3)nc1. The highest BCUT2D eigenvalue weighted by Gasteiger charge is 2.39. The molecule has 0 aliphatic carbocycles. The molecule has 2 aliphatic rings. The average Bonchev–Trinajstić information content (AvgIpc) is 3.36. The van der Waals surface area contributed by atoms with Gasteiger partial charge in [-0.05, 0) is 69.4 Å². The molecule has 0 bridgehead atoms. The molecule has 2 fully saturated rings. The first-order chi connectivity index (χ1) is 17.7. The molecule has 0 saturated carbocycles. The number of rotatable bonds is 4. The van der Waals surface area contributed by atoms with Crippen LogP contribution in [0.5, 0.6) is 0 Å². The van der Waals surface area contributed by atoms with E-state index in [4.69, 9.17) is 19.8 Å². The largest absolute Gasteiger partial charge is 0.490 e. The third kappa shape index (κ3) is 10.9. The third-order valence-electron chi connectivity index (χ3n) is 6.27. The maximum atomic E-state index is 10.6. The van der Waals surface area contributed by atoms with Crippen molar-refractivity contribution in [3.8, 4) is 0 Å². The molecule has 8 nitrogen and oxygen atoms in total. The lowest BCUT2D eigenvalue weighted by Crippen LogP contribution is -2.46. The predicted octanol–water partition coefficient (Wildman–Crippen LogP) is 4.68. The Morgan fingerprint density at radius 1 is 0.816 bits per heavy atom. The van der Waals surface area contributed by atoms with Gasteiger partial charge in [0.05, 0.1) is 12.2 Å². The fourth-order valence-electron chi connectivity index (χ4n) is 4.11. The van der Waals surface area contributed by atoms with E-state index in [-0.39, 0.29) is 0 Å².